The Labute approximate surface area is 106 Å². The van der Waals surface area contributed by atoms with E-state index in [2.05, 4.69) is 5.32 Å². The second kappa shape index (κ2) is 6.97. The smallest absolute Gasteiger partial charge is 0.227 e. The topological polar surface area (TPSA) is 52.9 Å². The lowest BCUT2D eigenvalue weighted by Crippen LogP contribution is -2.21. The van der Waals surface area contributed by atoms with Crippen LogP contribution in [0.1, 0.15) is 26.7 Å². The normalized spacial score (nSPS) is 10.0. The van der Waals surface area contributed by atoms with E-state index in [0.717, 1.165) is 35.2 Å². The molecule has 0 saturated carbocycles. The Balaban J connectivity index is 2.63. The molecule has 0 saturated heterocycles. The van der Waals surface area contributed by atoms with Crippen molar-refractivity contribution < 1.29 is 4.79 Å². The van der Waals surface area contributed by atoms with Gasteiger partial charge < -0.3 is 5.32 Å². The van der Waals surface area contributed by atoms with Crippen LogP contribution in [0.15, 0.2) is 29.2 Å². The standard InChI is InChI=1S/C13H16N2OS/c1-3-10(4-2)13(16)15-11-5-7-12(8-6-11)17-9-14/h5-8,10H,3-4H2,1-2H3,(H,15,16). The van der Waals surface area contributed by atoms with Crippen LogP contribution in [0.2, 0.25) is 0 Å². The first kappa shape index (κ1) is 13.6. The predicted octanol–water partition coefficient (Wildman–Crippen LogP) is 3.63. The van der Waals surface area contributed by atoms with Crippen molar-refractivity contribution in [3.63, 3.8) is 0 Å². The Hall–Kier alpha value is -1.47. The van der Waals surface area contributed by atoms with E-state index in [1.807, 2.05) is 43.5 Å². The summed E-state index contributed by atoms with van der Waals surface area (Å²) in [4.78, 5) is 12.7. The summed E-state index contributed by atoms with van der Waals surface area (Å²) < 4.78 is 0. The van der Waals surface area contributed by atoms with Gasteiger partial charge in [0.05, 0.1) is 0 Å². The first-order valence-corrected chi connectivity index (χ1v) is 6.49. The second-order valence-electron chi connectivity index (χ2n) is 3.72. The number of rotatable bonds is 5. The third-order valence-electron chi connectivity index (χ3n) is 2.64. The van der Waals surface area contributed by atoms with Crippen LogP contribution in [0.5, 0.6) is 0 Å². The molecule has 0 heterocycles. The molecule has 0 aliphatic heterocycles. The molecule has 0 aromatic heterocycles. The Morgan fingerprint density at radius 1 is 1.35 bits per heavy atom. The van der Waals surface area contributed by atoms with Gasteiger partial charge >= 0.3 is 0 Å². The number of thiocyanates is 1. The number of nitrogens with zero attached hydrogens (tertiary/aromatic N) is 1. The van der Waals surface area contributed by atoms with Gasteiger partial charge in [0.1, 0.15) is 5.40 Å². The van der Waals surface area contributed by atoms with E-state index in [-0.39, 0.29) is 11.8 Å². The van der Waals surface area contributed by atoms with Gasteiger partial charge in [-0.3, -0.25) is 4.79 Å². The van der Waals surface area contributed by atoms with E-state index in [4.69, 9.17) is 5.26 Å². The number of carbonyl (C=O) groups is 1. The molecule has 0 aliphatic rings. The van der Waals surface area contributed by atoms with Crippen LogP contribution in [0.25, 0.3) is 0 Å². The minimum atomic E-state index is 0.0655. The average Bonchev–Trinajstić information content (AvgIpc) is 2.33. The molecule has 0 spiro atoms. The number of nitriles is 1. The van der Waals surface area contributed by atoms with Crippen molar-refractivity contribution in [2.45, 2.75) is 31.6 Å². The molecule has 17 heavy (non-hydrogen) atoms. The van der Waals surface area contributed by atoms with Gasteiger partial charge in [-0.2, -0.15) is 5.26 Å². The quantitative estimate of drug-likeness (QED) is 0.639. The van der Waals surface area contributed by atoms with Gasteiger partial charge in [0.25, 0.3) is 0 Å². The molecular weight excluding hydrogens is 232 g/mol. The molecule has 1 aromatic carbocycles. The fraction of sp³-hybridized carbons (Fsp3) is 0.385. The lowest BCUT2D eigenvalue weighted by molar-refractivity contribution is -0.120. The largest absolute Gasteiger partial charge is 0.326 e. The van der Waals surface area contributed by atoms with Crippen LogP contribution in [0.4, 0.5) is 5.69 Å². The zero-order valence-corrected chi connectivity index (χ0v) is 10.9. The lowest BCUT2D eigenvalue weighted by Gasteiger charge is -2.12. The molecule has 0 aliphatic carbocycles. The monoisotopic (exact) mass is 248 g/mol. The maximum Gasteiger partial charge on any atom is 0.227 e. The van der Waals surface area contributed by atoms with Gasteiger partial charge in [0.15, 0.2) is 0 Å². The van der Waals surface area contributed by atoms with E-state index < -0.39 is 0 Å². The van der Waals surface area contributed by atoms with Crippen LogP contribution in [0.3, 0.4) is 0 Å². The molecule has 1 N–H and O–H groups in total. The maximum absolute atomic E-state index is 11.8. The Morgan fingerprint density at radius 3 is 2.41 bits per heavy atom. The number of hydrogen-bond acceptors (Lipinski definition) is 3. The summed E-state index contributed by atoms with van der Waals surface area (Å²) in [7, 11) is 0. The third-order valence-corrected chi connectivity index (χ3v) is 3.24. The summed E-state index contributed by atoms with van der Waals surface area (Å²) >= 11 is 1.11. The summed E-state index contributed by atoms with van der Waals surface area (Å²) in [5.74, 6) is 0.138. The van der Waals surface area contributed by atoms with Gasteiger partial charge in [-0.1, -0.05) is 13.8 Å². The molecule has 1 aromatic rings. The summed E-state index contributed by atoms with van der Waals surface area (Å²) in [5.41, 5.74) is 0.782. The molecule has 3 nitrogen and oxygen atoms in total. The fourth-order valence-electron chi connectivity index (χ4n) is 1.56. The molecule has 1 amide bonds. The highest BCUT2D eigenvalue weighted by molar-refractivity contribution is 8.03. The van der Waals surface area contributed by atoms with Crippen LogP contribution in [-0.4, -0.2) is 5.91 Å². The SMILES string of the molecule is CCC(CC)C(=O)Nc1ccc(SC#N)cc1. The van der Waals surface area contributed by atoms with E-state index in [1.165, 1.54) is 0 Å². The minimum Gasteiger partial charge on any atom is -0.326 e. The van der Waals surface area contributed by atoms with Crippen molar-refractivity contribution in [3.8, 4) is 5.40 Å². The molecule has 0 unspecified atom stereocenters. The van der Waals surface area contributed by atoms with Crippen molar-refractivity contribution >= 4 is 23.4 Å². The summed E-state index contributed by atoms with van der Waals surface area (Å²) in [5, 5.41) is 13.4. The number of anilines is 1. The number of carbonyl (C=O) groups excluding carboxylic acids is 1. The molecule has 0 atom stereocenters. The number of benzene rings is 1. The first-order chi connectivity index (χ1) is 8.21. The van der Waals surface area contributed by atoms with Gasteiger partial charge in [0, 0.05) is 16.5 Å². The number of hydrogen-bond donors (Lipinski definition) is 1. The number of amides is 1. The van der Waals surface area contributed by atoms with E-state index in [1.54, 1.807) is 0 Å². The van der Waals surface area contributed by atoms with Crippen LogP contribution >= 0.6 is 11.8 Å². The van der Waals surface area contributed by atoms with Gasteiger partial charge in [-0.15, -0.1) is 0 Å². The van der Waals surface area contributed by atoms with Crippen molar-refractivity contribution in [1.29, 1.82) is 5.26 Å². The first-order valence-electron chi connectivity index (χ1n) is 5.68. The predicted molar refractivity (Wildman–Crippen MR) is 70.6 cm³/mol. The van der Waals surface area contributed by atoms with Crippen molar-refractivity contribution in [2.24, 2.45) is 5.92 Å². The zero-order chi connectivity index (χ0) is 12.7. The van der Waals surface area contributed by atoms with Gasteiger partial charge in [0.2, 0.25) is 5.91 Å². The lowest BCUT2D eigenvalue weighted by atomic mass is 10.0. The van der Waals surface area contributed by atoms with E-state index in [0.29, 0.717) is 0 Å². The molecule has 1 rings (SSSR count). The zero-order valence-electron chi connectivity index (χ0n) is 10.1. The van der Waals surface area contributed by atoms with Crippen molar-refractivity contribution in [2.75, 3.05) is 5.32 Å². The van der Waals surface area contributed by atoms with E-state index in [9.17, 15) is 4.79 Å². The van der Waals surface area contributed by atoms with Gasteiger partial charge in [-0.05, 0) is 48.9 Å². The summed E-state index contributed by atoms with van der Waals surface area (Å²) in [6, 6.07) is 7.30. The van der Waals surface area contributed by atoms with Crippen LogP contribution < -0.4 is 5.32 Å². The third kappa shape index (κ3) is 4.12. The Morgan fingerprint density at radius 2 is 1.94 bits per heavy atom. The summed E-state index contributed by atoms with van der Waals surface area (Å²) in [6.45, 7) is 4.03. The number of nitrogens with one attached hydrogen (secondary N) is 1. The van der Waals surface area contributed by atoms with Crippen LogP contribution in [-0.2, 0) is 4.79 Å². The molecule has 0 bridgehead atoms. The molecule has 0 fully saturated rings. The summed E-state index contributed by atoms with van der Waals surface area (Å²) in [6.07, 6.45) is 1.70. The van der Waals surface area contributed by atoms with Crippen LogP contribution in [0, 0.1) is 16.6 Å². The molecule has 4 heteroatoms. The van der Waals surface area contributed by atoms with E-state index >= 15 is 0 Å². The second-order valence-corrected chi connectivity index (χ2v) is 4.58. The molecule has 90 valence electrons. The van der Waals surface area contributed by atoms with Crippen molar-refractivity contribution in [3.05, 3.63) is 24.3 Å². The molecule has 0 radical (unpaired) electrons. The maximum atomic E-state index is 11.8. The Kier molecular flexibility index (Phi) is 5.58. The van der Waals surface area contributed by atoms with Crippen molar-refractivity contribution in [1.82, 2.24) is 0 Å². The Bertz CT molecular complexity index is 404. The minimum absolute atomic E-state index is 0.0655. The van der Waals surface area contributed by atoms with Gasteiger partial charge in [-0.25, -0.2) is 0 Å². The highest BCUT2D eigenvalue weighted by atomic mass is 32.2. The fourth-order valence-corrected chi connectivity index (χ4v) is 1.94. The highest BCUT2D eigenvalue weighted by Gasteiger charge is 2.13. The highest BCUT2D eigenvalue weighted by Crippen LogP contribution is 2.20. The average molecular weight is 248 g/mol. The number of thioether (sulfide) groups is 1. The molecular formula is C13H16N2OS.